The monoisotopic (exact) mass is 299 g/mol. The number of anilines is 1. The standard InChI is InChI=1S/C15H13N3O4/c19-4-3-18-14(21)7-12(15(18)22)17-11-2-1-9-8-16-13(20)6-10(9)5-11/h1-2,5-8,17,19H,3-4H2,(H,16,20). The summed E-state index contributed by atoms with van der Waals surface area (Å²) >= 11 is 0. The first-order valence-electron chi connectivity index (χ1n) is 6.66. The van der Waals surface area contributed by atoms with Crippen LogP contribution >= 0.6 is 0 Å². The van der Waals surface area contributed by atoms with Crippen LogP contribution in [0, 0.1) is 0 Å². The molecule has 0 radical (unpaired) electrons. The molecule has 1 aliphatic heterocycles. The lowest BCUT2D eigenvalue weighted by Crippen LogP contribution is -2.34. The van der Waals surface area contributed by atoms with Crippen molar-refractivity contribution in [1.82, 2.24) is 9.88 Å². The minimum absolute atomic E-state index is 0.0353. The average Bonchev–Trinajstić information content (AvgIpc) is 2.75. The molecule has 3 rings (SSSR count). The third-order valence-corrected chi connectivity index (χ3v) is 3.36. The summed E-state index contributed by atoms with van der Waals surface area (Å²) in [7, 11) is 0. The topological polar surface area (TPSA) is 102 Å². The van der Waals surface area contributed by atoms with Gasteiger partial charge < -0.3 is 15.4 Å². The van der Waals surface area contributed by atoms with E-state index in [0.29, 0.717) is 5.69 Å². The summed E-state index contributed by atoms with van der Waals surface area (Å²) in [5, 5.41) is 13.3. The number of H-pyrrole nitrogens is 1. The average molecular weight is 299 g/mol. The van der Waals surface area contributed by atoms with E-state index in [2.05, 4.69) is 10.3 Å². The molecule has 2 aromatic rings. The number of carbonyl (C=O) groups is 2. The van der Waals surface area contributed by atoms with Crippen LogP contribution in [0.3, 0.4) is 0 Å². The highest BCUT2D eigenvalue weighted by atomic mass is 16.3. The number of β-amino-alcohol motifs (C(OH)–C–C–N with tert-alkyl or cyclic N) is 1. The number of pyridine rings is 1. The van der Waals surface area contributed by atoms with Crippen molar-refractivity contribution in [3.63, 3.8) is 0 Å². The summed E-state index contributed by atoms with van der Waals surface area (Å²) in [6.07, 6.45) is 2.80. The Morgan fingerprint density at radius 3 is 2.73 bits per heavy atom. The first kappa shape index (κ1) is 14.0. The lowest BCUT2D eigenvalue weighted by molar-refractivity contribution is -0.137. The van der Waals surface area contributed by atoms with Crippen LogP contribution in [-0.4, -0.2) is 40.0 Å². The molecule has 0 aliphatic carbocycles. The number of carbonyl (C=O) groups excluding carboxylic acids is 2. The molecular weight excluding hydrogens is 286 g/mol. The van der Waals surface area contributed by atoms with Crippen molar-refractivity contribution in [2.45, 2.75) is 0 Å². The summed E-state index contributed by atoms with van der Waals surface area (Å²) < 4.78 is 0. The molecule has 0 bridgehead atoms. The maximum Gasteiger partial charge on any atom is 0.277 e. The molecule has 7 heteroatoms. The molecular formula is C15H13N3O4. The summed E-state index contributed by atoms with van der Waals surface area (Å²) in [6.45, 7) is -0.316. The van der Waals surface area contributed by atoms with Gasteiger partial charge in [0.2, 0.25) is 5.56 Å². The summed E-state index contributed by atoms with van der Waals surface area (Å²) in [5.41, 5.74) is 0.518. The maximum atomic E-state index is 12.0. The van der Waals surface area contributed by atoms with Gasteiger partial charge in [-0.25, -0.2) is 0 Å². The predicted octanol–water partition coefficient (Wildman–Crippen LogP) is 0.185. The lowest BCUT2D eigenvalue weighted by atomic mass is 10.1. The number of benzene rings is 1. The van der Waals surface area contributed by atoms with E-state index in [1.807, 2.05) is 0 Å². The first-order valence-corrected chi connectivity index (χ1v) is 6.66. The molecule has 0 saturated carbocycles. The number of hydrogen-bond donors (Lipinski definition) is 3. The third kappa shape index (κ3) is 2.49. The van der Waals surface area contributed by atoms with Crippen LogP contribution in [0.2, 0.25) is 0 Å². The van der Waals surface area contributed by atoms with Crippen LogP contribution in [0.5, 0.6) is 0 Å². The smallest absolute Gasteiger partial charge is 0.277 e. The minimum atomic E-state index is -0.481. The zero-order valence-electron chi connectivity index (χ0n) is 11.5. The van der Waals surface area contributed by atoms with Gasteiger partial charge in [0, 0.05) is 24.0 Å². The van der Waals surface area contributed by atoms with Crippen LogP contribution in [0.4, 0.5) is 5.69 Å². The van der Waals surface area contributed by atoms with E-state index < -0.39 is 11.8 Å². The number of hydrogen-bond acceptors (Lipinski definition) is 5. The number of aromatic nitrogens is 1. The molecule has 112 valence electrons. The molecule has 0 spiro atoms. The Hall–Kier alpha value is -2.93. The largest absolute Gasteiger partial charge is 0.395 e. The molecule has 2 amide bonds. The fraction of sp³-hybridized carbons (Fsp3) is 0.133. The lowest BCUT2D eigenvalue weighted by Gasteiger charge is -2.13. The van der Waals surface area contributed by atoms with E-state index in [-0.39, 0.29) is 24.4 Å². The zero-order chi connectivity index (χ0) is 15.7. The molecule has 3 N–H and O–H groups in total. The van der Waals surface area contributed by atoms with Gasteiger partial charge in [0.1, 0.15) is 5.70 Å². The number of fused-ring (bicyclic) bond motifs is 1. The van der Waals surface area contributed by atoms with E-state index in [1.54, 1.807) is 24.4 Å². The first-order chi connectivity index (χ1) is 10.6. The highest BCUT2D eigenvalue weighted by Crippen LogP contribution is 2.21. The van der Waals surface area contributed by atoms with Crippen molar-refractivity contribution in [1.29, 1.82) is 0 Å². The second-order valence-corrected chi connectivity index (χ2v) is 4.84. The molecule has 2 heterocycles. The van der Waals surface area contributed by atoms with Crippen LogP contribution < -0.4 is 10.9 Å². The zero-order valence-corrected chi connectivity index (χ0v) is 11.5. The number of amides is 2. The molecule has 1 aliphatic rings. The van der Waals surface area contributed by atoms with Crippen LogP contribution in [0.15, 0.2) is 47.0 Å². The Morgan fingerprint density at radius 2 is 1.95 bits per heavy atom. The molecule has 0 saturated heterocycles. The second kappa shape index (κ2) is 5.45. The van der Waals surface area contributed by atoms with E-state index in [1.165, 1.54) is 12.1 Å². The Balaban J connectivity index is 1.87. The molecule has 0 atom stereocenters. The Labute approximate surface area is 124 Å². The van der Waals surface area contributed by atoms with Gasteiger partial charge in [-0.2, -0.15) is 0 Å². The van der Waals surface area contributed by atoms with Crippen molar-refractivity contribution in [2.24, 2.45) is 0 Å². The molecule has 1 aromatic heterocycles. The fourth-order valence-electron chi connectivity index (χ4n) is 2.31. The molecule has 22 heavy (non-hydrogen) atoms. The number of aliphatic hydroxyl groups excluding tert-OH is 1. The summed E-state index contributed by atoms with van der Waals surface area (Å²) in [4.78, 5) is 38.6. The fourth-order valence-corrected chi connectivity index (χ4v) is 2.31. The van der Waals surface area contributed by atoms with Crippen molar-refractivity contribution in [2.75, 3.05) is 18.5 Å². The number of aliphatic hydroxyl groups is 1. The van der Waals surface area contributed by atoms with Crippen LogP contribution in [-0.2, 0) is 9.59 Å². The van der Waals surface area contributed by atoms with Crippen molar-refractivity contribution >= 4 is 28.3 Å². The number of imide groups is 1. The molecule has 0 fully saturated rings. The van der Waals surface area contributed by atoms with Crippen molar-refractivity contribution in [3.8, 4) is 0 Å². The Morgan fingerprint density at radius 1 is 1.14 bits per heavy atom. The normalized spacial score (nSPS) is 14.6. The summed E-state index contributed by atoms with van der Waals surface area (Å²) in [5.74, 6) is -0.941. The third-order valence-electron chi connectivity index (χ3n) is 3.36. The Kier molecular flexibility index (Phi) is 3.48. The van der Waals surface area contributed by atoms with Gasteiger partial charge in [0.05, 0.1) is 13.2 Å². The summed E-state index contributed by atoms with van der Waals surface area (Å²) in [6, 6.07) is 6.71. The predicted molar refractivity (Wildman–Crippen MR) is 80.1 cm³/mol. The quantitative estimate of drug-likeness (QED) is 0.699. The van der Waals surface area contributed by atoms with Gasteiger partial charge in [-0.05, 0) is 22.9 Å². The molecule has 7 nitrogen and oxygen atoms in total. The van der Waals surface area contributed by atoms with E-state index in [4.69, 9.17) is 5.11 Å². The highest BCUT2D eigenvalue weighted by Gasteiger charge is 2.30. The number of aromatic amines is 1. The minimum Gasteiger partial charge on any atom is -0.395 e. The number of nitrogens with one attached hydrogen (secondary N) is 2. The van der Waals surface area contributed by atoms with Crippen LogP contribution in [0.25, 0.3) is 10.8 Å². The van der Waals surface area contributed by atoms with E-state index in [9.17, 15) is 14.4 Å². The van der Waals surface area contributed by atoms with Gasteiger partial charge in [0.25, 0.3) is 11.8 Å². The van der Waals surface area contributed by atoms with Gasteiger partial charge in [-0.1, -0.05) is 6.07 Å². The molecule has 0 unspecified atom stereocenters. The van der Waals surface area contributed by atoms with Crippen LogP contribution in [0.1, 0.15) is 0 Å². The van der Waals surface area contributed by atoms with E-state index >= 15 is 0 Å². The Bertz CT molecular complexity index is 853. The SMILES string of the molecule is O=C1C=C(Nc2ccc3c[nH]c(=O)cc3c2)C(=O)N1CCO. The van der Waals surface area contributed by atoms with Gasteiger partial charge in [-0.15, -0.1) is 0 Å². The number of rotatable bonds is 4. The van der Waals surface area contributed by atoms with Crippen molar-refractivity contribution in [3.05, 3.63) is 52.6 Å². The van der Waals surface area contributed by atoms with E-state index in [0.717, 1.165) is 15.7 Å². The number of nitrogens with zero attached hydrogens (tertiary/aromatic N) is 1. The maximum absolute atomic E-state index is 12.0. The van der Waals surface area contributed by atoms with Gasteiger partial charge in [-0.3, -0.25) is 19.3 Å². The molecule has 1 aromatic carbocycles. The van der Waals surface area contributed by atoms with Gasteiger partial charge in [0.15, 0.2) is 0 Å². The van der Waals surface area contributed by atoms with Crippen molar-refractivity contribution < 1.29 is 14.7 Å². The highest BCUT2D eigenvalue weighted by molar-refractivity contribution is 6.17. The van der Waals surface area contributed by atoms with Gasteiger partial charge >= 0.3 is 0 Å². The second-order valence-electron chi connectivity index (χ2n) is 4.84.